The van der Waals surface area contributed by atoms with Crippen LogP contribution in [-0.4, -0.2) is 19.1 Å². The molecule has 0 aliphatic rings. The van der Waals surface area contributed by atoms with Crippen LogP contribution < -0.4 is 14.8 Å². The lowest BCUT2D eigenvalue weighted by molar-refractivity contribution is -0.116. The number of anilines is 1. The molecule has 0 spiro atoms. The van der Waals surface area contributed by atoms with E-state index in [1.165, 1.54) is 0 Å². The van der Waals surface area contributed by atoms with E-state index in [2.05, 4.69) is 5.32 Å². The molecule has 4 aromatic rings. The van der Waals surface area contributed by atoms with Crippen molar-refractivity contribution in [3.05, 3.63) is 66.7 Å². The maximum absolute atomic E-state index is 12.3. The number of hydrogen-bond acceptors (Lipinski definition) is 4. The Bertz CT molecular complexity index is 1130. The lowest BCUT2D eigenvalue weighted by Crippen LogP contribution is -2.12. The molecule has 3 aromatic carbocycles. The van der Waals surface area contributed by atoms with Crippen molar-refractivity contribution in [2.75, 3.05) is 18.5 Å². The Morgan fingerprint density at radius 1 is 0.897 bits per heavy atom. The maximum atomic E-state index is 12.3. The first-order valence-electron chi connectivity index (χ1n) is 9.80. The summed E-state index contributed by atoms with van der Waals surface area (Å²) in [6.07, 6.45) is 0.990. The van der Waals surface area contributed by atoms with Gasteiger partial charge in [0, 0.05) is 22.9 Å². The van der Waals surface area contributed by atoms with Crippen molar-refractivity contribution in [2.24, 2.45) is 0 Å². The van der Waals surface area contributed by atoms with Crippen molar-refractivity contribution in [3.8, 4) is 11.5 Å². The highest BCUT2D eigenvalue weighted by atomic mass is 16.5. The van der Waals surface area contributed by atoms with Crippen molar-refractivity contribution < 1.29 is 18.7 Å². The zero-order valence-electron chi connectivity index (χ0n) is 16.3. The van der Waals surface area contributed by atoms with Gasteiger partial charge < -0.3 is 19.2 Å². The quantitative estimate of drug-likeness (QED) is 0.388. The van der Waals surface area contributed by atoms with Crippen LogP contribution in [0.25, 0.3) is 21.9 Å². The number of benzene rings is 3. The van der Waals surface area contributed by atoms with Gasteiger partial charge in [-0.3, -0.25) is 4.79 Å². The van der Waals surface area contributed by atoms with E-state index < -0.39 is 0 Å². The minimum Gasteiger partial charge on any atom is -0.490 e. The van der Waals surface area contributed by atoms with E-state index in [-0.39, 0.29) is 5.91 Å². The molecule has 0 fully saturated rings. The van der Waals surface area contributed by atoms with Gasteiger partial charge in [0.2, 0.25) is 5.91 Å². The molecule has 0 saturated heterocycles. The predicted octanol–water partition coefficient (Wildman–Crippen LogP) is 5.78. The Hall–Kier alpha value is -3.47. The number of nitrogens with one attached hydrogen (secondary N) is 1. The smallest absolute Gasteiger partial charge is 0.224 e. The molecule has 4 rings (SSSR count). The number of rotatable bonds is 8. The van der Waals surface area contributed by atoms with E-state index in [1.54, 1.807) is 0 Å². The van der Waals surface area contributed by atoms with Crippen molar-refractivity contribution in [3.63, 3.8) is 0 Å². The van der Waals surface area contributed by atoms with Gasteiger partial charge in [0.05, 0.1) is 13.2 Å². The molecule has 1 N–H and O–H groups in total. The number of carbonyl (C=O) groups excluding carboxylic acids is 1. The molecular formula is C24H23NO4. The highest BCUT2D eigenvalue weighted by Gasteiger charge is 2.09. The van der Waals surface area contributed by atoms with Gasteiger partial charge in [-0.05, 0) is 49.7 Å². The van der Waals surface area contributed by atoms with Gasteiger partial charge in [-0.1, -0.05) is 30.3 Å². The third-order valence-corrected chi connectivity index (χ3v) is 4.62. The average molecular weight is 389 g/mol. The van der Waals surface area contributed by atoms with Crippen LogP contribution in [0.15, 0.2) is 71.1 Å². The van der Waals surface area contributed by atoms with E-state index >= 15 is 0 Å². The van der Waals surface area contributed by atoms with E-state index in [9.17, 15) is 4.79 Å². The van der Waals surface area contributed by atoms with Gasteiger partial charge in [0.15, 0.2) is 11.5 Å². The van der Waals surface area contributed by atoms with E-state index in [4.69, 9.17) is 13.9 Å². The first kappa shape index (κ1) is 18.9. The van der Waals surface area contributed by atoms with E-state index in [1.807, 2.05) is 73.7 Å². The van der Waals surface area contributed by atoms with Crippen LogP contribution >= 0.6 is 0 Å². The Kier molecular flexibility index (Phi) is 5.66. The van der Waals surface area contributed by atoms with Crippen LogP contribution in [0.3, 0.4) is 0 Å². The number of amides is 1. The zero-order chi connectivity index (χ0) is 20.1. The fourth-order valence-corrected chi connectivity index (χ4v) is 3.29. The number of para-hydroxylation sites is 3. The van der Waals surface area contributed by atoms with Crippen molar-refractivity contribution in [1.29, 1.82) is 0 Å². The maximum Gasteiger partial charge on any atom is 0.224 e. The molecule has 0 aliphatic carbocycles. The van der Waals surface area contributed by atoms with Gasteiger partial charge >= 0.3 is 0 Å². The zero-order valence-corrected chi connectivity index (χ0v) is 16.3. The summed E-state index contributed by atoms with van der Waals surface area (Å²) in [5.74, 6) is 1.38. The van der Waals surface area contributed by atoms with E-state index in [0.29, 0.717) is 31.8 Å². The summed E-state index contributed by atoms with van der Waals surface area (Å²) in [6.45, 7) is 2.97. The fraction of sp³-hybridized carbons (Fsp3) is 0.208. The Balaban J connectivity index is 1.32. The lowest BCUT2D eigenvalue weighted by Gasteiger charge is -2.11. The number of fused-ring (bicyclic) bond motifs is 3. The van der Waals surface area contributed by atoms with Crippen LogP contribution in [0.2, 0.25) is 0 Å². The molecule has 1 heterocycles. The first-order chi connectivity index (χ1) is 14.2. The van der Waals surface area contributed by atoms with Crippen LogP contribution in [-0.2, 0) is 4.79 Å². The summed E-state index contributed by atoms with van der Waals surface area (Å²) in [5, 5.41) is 4.99. The summed E-state index contributed by atoms with van der Waals surface area (Å²) in [5.41, 5.74) is 2.41. The third-order valence-electron chi connectivity index (χ3n) is 4.62. The van der Waals surface area contributed by atoms with Gasteiger partial charge in [0.1, 0.15) is 11.2 Å². The molecule has 0 saturated carbocycles. The first-order valence-corrected chi connectivity index (χ1v) is 9.80. The Labute approximate surface area is 169 Å². The molecule has 1 aromatic heterocycles. The topological polar surface area (TPSA) is 60.7 Å². The molecule has 5 heteroatoms. The Morgan fingerprint density at radius 3 is 2.45 bits per heavy atom. The SMILES string of the molecule is CCOc1ccccc1OCCCC(=O)Nc1ccc2oc3ccccc3c2c1. The number of hydrogen-bond donors (Lipinski definition) is 1. The molecule has 1 amide bonds. The van der Waals surface area contributed by atoms with Gasteiger partial charge in [-0.15, -0.1) is 0 Å². The summed E-state index contributed by atoms with van der Waals surface area (Å²) < 4.78 is 17.1. The largest absolute Gasteiger partial charge is 0.490 e. The standard InChI is InChI=1S/C24H23NO4/c1-2-27-22-10-5-6-11-23(22)28-15-7-12-24(26)25-17-13-14-21-19(16-17)18-8-3-4-9-20(18)29-21/h3-6,8-11,13-14,16H,2,7,12,15H2,1H3,(H,25,26). The molecule has 0 unspecified atom stereocenters. The molecule has 148 valence electrons. The molecule has 0 bridgehead atoms. The second-order valence-electron chi connectivity index (χ2n) is 6.69. The minimum absolute atomic E-state index is 0.0427. The fourth-order valence-electron chi connectivity index (χ4n) is 3.29. The molecule has 29 heavy (non-hydrogen) atoms. The number of carbonyl (C=O) groups is 1. The van der Waals surface area contributed by atoms with Crippen LogP contribution in [0.4, 0.5) is 5.69 Å². The van der Waals surface area contributed by atoms with Crippen molar-refractivity contribution in [2.45, 2.75) is 19.8 Å². The van der Waals surface area contributed by atoms with E-state index in [0.717, 1.165) is 33.4 Å². The number of ether oxygens (including phenoxy) is 2. The number of furan rings is 1. The van der Waals surface area contributed by atoms with Crippen molar-refractivity contribution >= 4 is 33.5 Å². The van der Waals surface area contributed by atoms with Crippen LogP contribution in [0, 0.1) is 0 Å². The van der Waals surface area contributed by atoms with Gasteiger partial charge in [-0.2, -0.15) is 0 Å². The van der Waals surface area contributed by atoms with Crippen molar-refractivity contribution in [1.82, 2.24) is 0 Å². The molecule has 5 nitrogen and oxygen atoms in total. The molecule has 0 radical (unpaired) electrons. The summed E-state index contributed by atoms with van der Waals surface area (Å²) in [6, 6.07) is 21.1. The lowest BCUT2D eigenvalue weighted by atomic mass is 10.1. The van der Waals surface area contributed by atoms with Gasteiger partial charge in [-0.25, -0.2) is 0 Å². The highest BCUT2D eigenvalue weighted by molar-refractivity contribution is 6.06. The molecular weight excluding hydrogens is 366 g/mol. The monoisotopic (exact) mass is 389 g/mol. The highest BCUT2D eigenvalue weighted by Crippen LogP contribution is 2.30. The minimum atomic E-state index is -0.0427. The summed E-state index contributed by atoms with van der Waals surface area (Å²) in [4.78, 5) is 12.3. The second-order valence-corrected chi connectivity index (χ2v) is 6.69. The molecule has 0 atom stereocenters. The van der Waals surface area contributed by atoms with Crippen LogP contribution in [0.5, 0.6) is 11.5 Å². The van der Waals surface area contributed by atoms with Crippen LogP contribution in [0.1, 0.15) is 19.8 Å². The normalized spacial score (nSPS) is 10.9. The third kappa shape index (κ3) is 4.35. The molecule has 0 aliphatic heterocycles. The summed E-state index contributed by atoms with van der Waals surface area (Å²) >= 11 is 0. The predicted molar refractivity (Wildman–Crippen MR) is 115 cm³/mol. The Morgan fingerprint density at radius 2 is 1.62 bits per heavy atom. The summed E-state index contributed by atoms with van der Waals surface area (Å²) in [7, 11) is 0. The average Bonchev–Trinajstić information content (AvgIpc) is 3.10. The second kappa shape index (κ2) is 8.69. The van der Waals surface area contributed by atoms with Gasteiger partial charge in [0.25, 0.3) is 0 Å².